The smallest absolute Gasteiger partial charge is 0.215 e. The molecule has 2 N–H and O–H groups in total. The lowest BCUT2D eigenvalue weighted by atomic mass is 10.1. The van der Waals surface area contributed by atoms with Crippen LogP contribution >= 0.6 is 35.7 Å². The van der Waals surface area contributed by atoms with Crippen LogP contribution in [0.15, 0.2) is 23.2 Å². The number of nitrogens with zero attached hydrogens (tertiary/aromatic N) is 2. The van der Waals surface area contributed by atoms with E-state index in [0.29, 0.717) is 32.1 Å². The predicted molar refractivity (Wildman–Crippen MR) is 127 cm³/mol. The second kappa shape index (κ2) is 12.9. The van der Waals surface area contributed by atoms with Crippen LogP contribution in [0.4, 0.5) is 4.39 Å². The number of halogens is 2. The highest BCUT2D eigenvalue weighted by molar-refractivity contribution is 14.0. The molecule has 1 fully saturated rings. The summed E-state index contributed by atoms with van der Waals surface area (Å²) in [5, 5.41) is 6.34. The number of aryl methyl sites for hydroxylation is 1. The minimum Gasteiger partial charge on any atom is -0.357 e. The van der Waals surface area contributed by atoms with Crippen LogP contribution in [-0.4, -0.2) is 68.7 Å². The molecule has 6 nitrogen and oxygen atoms in total. The number of sulfonamides is 1. The van der Waals surface area contributed by atoms with Gasteiger partial charge in [0.25, 0.3) is 0 Å². The second-order valence-corrected chi connectivity index (χ2v) is 9.65. The van der Waals surface area contributed by atoms with Crippen molar-refractivity contribution in [2.45, 2.75) is 20.3 Å². The molecule has 10 heteroatoms. The molecule has 1 aliphatic rings. The molecule has 0 aromatic heterocycles. The van der Waals surface area contributed by atoms with E-state index in [4.69, 9.17) is 0 Å². The summed E-state index contributed by atoms with van der Waals surface area (Å²) in [7, 11) is -3.25. The normalized spacial score (nSPS) is 15.8. The molecule has 0 aliphatic carbocycles. The summed E-state index contributed by atoms with van der Waals surface area (Å²) in [6.45, 7) is 6.58. The third-order valence-corrected chi connectivity index (χ3v) is 7.11. The van der Waals surface area contributed by atoms with Gasteiger partial charge in [-0.1, -0.05) is 6.07 Å². The molecule has 0 spiro atoms. The zero-order chi connectivity index (χ0) is 19.7. The van der Waals surface area contributed by atoms with E-state index in [1.807, 2.05) is 13.8 Å². The average Bonchev–Trinajstić information content (AvgIpc) is 2.64. The van der Waals surface area contributed by atoms with E-state index < -0.39 is 10.0 Å². The molecular formula is C18H30FIN4O2S2. The van der Waals surface area contributed by atoms with Gasteiger partial charge in [0.15, 0.2) is 5.96 Å². The summed E-state index contributed by atoms with van der Waals surface area (Å²) in [5.74, 6) is 2.10. The minimum absolute atomic E-state index is 0. The fraction of sp³-hybridized carbons (Fsp3) is 0.611. The summed E-state index contributed by atoms with van der Waals surface area (Å²) in [6, 6.07) is 4.78. The molecule has 1 aromatic rings. The van der Waals surface area contributed by atoms with Crippen molar-refractivity contribution < 1.29 is 12.8 Å². The molecule has 2 rings (SSSR count). The molecular weight excluding hydrogens is 514 g/mol. The van der Waals surface area contributed by atoms with Crippen molar-refractivity contribution >= 4 is 51.7 Å². The van der Waals surface area contributed by atoms with E-state index in [1.54, 1.807) is 22.1 Å². The molecule has 0 amide bonds. The number of rotatable bonds is 8. The van der Waals surface area contributed by atoms with Crippen molar-refractivity contribution in [2.24, 2.45) is 4.99 Å². The van der Waals surface area contributed by atoms with Crippen molar-refractivity contribution in [2.75, 3.05) is 50.0 Å². The van der Waals surface area contributed by atoms with Crippen LogP contribution < -0.4 is 10.6 Å². The first-order chi connectivity index (χ1) is 12.9. The molecule has 1 saturated heterocycles. The van der Waals surface area contributed by atoms with Gasteiger partial charge >= 0.3 is 0 Å². The SMILES string of the molecule is CCNC(=NCCS(=O)(=O)N1CCSCC1)NCCc1ccc(F)cc1C.I. The first-order valence-electron chi connectivity index (χ1n) is 9.25. The molecule has 0 unspecified atom stereocenters. The Morgan fingerprint density at radius 3 is 2.64 bits per heavy atom. The van der Waals surface area contributed by atoms with Crippen molar-refractivity contribution in [3.63, 3.8) is 0 Å². The van der Waals surface area contributed by atoms with E-state index in [0.717, 1.165) is 29.1 Å². The number of aliphatic imine (C=N–C) groups is 1. The summed E-state index contributed by atoms with van der Waals surface area (Å²) in [4.78, 5) is 4.38. The molecule has 0 saturated carbocycles. The lowest BCUT2D eigenvalue weighted by molar-refractivity contribution is 0.444. The van der Waals surface area contributed by atoms with Crippen molar-refractivity contribution in [1.29, 1.82) is 0 Å². The van der Waals surface area contributed by atoms with Gasteiger partial charge in [-0.3, -0.25) is 4.99 Å². The number of hydrogen-bond donors (Lipinski definition) is 2. The van der Waals surface area contributed by atoms with E-state index in [9.17, 15) is 12.8 Å². The van der Waals surface area contributed by atoms with Crippen LogP contribution in [0.3, 0.4) is 0 Å². The Balaban J connectivity index is 0.00000392. The van der Waals surface area contributed by atoms with Gasteiger partial charge in [-0.2, -0.15) is 11.8 Å². The van der Waals surface area contributed by atoms with Crippen LogP contribution in [0, 0.1) is 12.7 Å². The third kappa shape index (κ3) is 8.42. The van der Waals surface area contributed by atoms with Gasteiger partial charge in [0.05, 0.1) is 12.3 Å². The Hall–Kier alpha value is -0.590. The van der Waals surface area contributed by atoms with E-state index in [2.05, 4.69) is 15.6 Å². The Morgan fingerprint density at radius 1 is 1.29 bits per heavy atom. The Bertz CT molecular complexity index is 741. The molecule has 1 heterocycles. The number of nitrogens with one attached hydrogen (secondary N) is 2. The van der Waals surface area contributed by atoms with E-state index in [-0.39, 0.29) is 42.1 Å². The van der Waals surface area contributed by atoms with Gasteiger partial charge in [0, 0.05) is 37.7 Å². The summed E-state index contributed by atoms with van der Waals surface area (Å²) in [6.07, 6.45) is 0.736. The Morgan fingerprint density at radius 2 is 2.00 bits per heavy atom. The van der Waals surface area contributed by atoms with Crippen molar-refractivity contribution in [1.82, 2.24) is 14.9 Å². The zero-order valence-corrected chi connectivity index (χ0v) is 20.4. The largest absolute Gasteiger partial charge is 0.357 e. The lowest BCUT2D eigenvalue weighted by Gasteiger charge is -2.25. The predicted octanol–water partition coefficient (Wildman–Crippen LogP) is 2.23. The highest BCUT2D eigenvalue weighted by Crippen LogP contribution is 2.13. The quantitative estimate of drug-likeness (QED) is 0.299. The van der Waals surface area contributed by atoms with Gasteiger partial charge in [-0.15, -0.1) is 24.0 Å². The number of thioether (sulfide) groups is 1. The molecule has 1 aliphatic heterocycles. The number of benzene rings is 1. The number of hydrogen-bond acceptors (Lipinski definition) is 4. The van der Waals surface area contributed by atoms with Gasteiger partial charge in [0.1, 0.15) is 5.82 Å². The Kier molecular flexibility index (Phi) is 11.7. The highest BCUT2D eigenvalue weighted by Gasteiger charge is 2.23. The first kappa shape index (κ1) is 25.4. The van der Waals surface area contributed by atoms with Gasteiger partial charge in [0.2, 0.25) is 10.0 Å². The summed E-state index contributed by atoms with van der Waals surface area (Å²) < 4.78 is 39.5. The van der Waals surface area contributed by atoms with Gasteiger partial charge in [-0.05, 0) is 43.5 Å². The van der Waals surface area contributed by atoms with Gasteiger partial charge in [-0.25, -0.2) is 17.1 Å². The fourth-order valence-corrected chi connectivity index (χ4v) is 5.28. The Labute approximate surface area is 189 Å². The topological polar surface area (TPSA) is 73.8 Å². The highest BCUT2D eigenvalue weighted by atomic mass is 127. The second-order valence-electron chi connectivity index (χ2n) is 6.34. The summed E-state index contributed by atoms with van der Waals surface area (Å²) in [5.41, 5.74) is 2.00. The van der Waals surface area contributed by atoms with Crippen LogP contribution in [0.25, 0.3) is 0 Å². The lowest BCUT2D eigenvalue weighted by Crippen LogP contribution is -2.41. The van der Waals surface area contributed by atoms with Crippen LogP contribution in [0.1, 0.15) is 18.1 Å². The maximum atomic E-state index is 13.2. The molecule has 1 aromatic carbocycles. The maximum Gasteiger partial charge on any atom is 0.215 e. The van der Waals surface area contributed by atoms with Crippen molar-refractivity contribution in [3.05, 3.63) is 35.1 Å². The van der Waals surface area contributed by atoms with Crippen molar-refractivity contribution in [3.8, 4) is 0 Å². The molecule has 0 radical (unpaired) electrons. The summed E-state index contributed by atoms with van der Waals surface area (Å²) >= 11 is 1.78. The van der Waals surface area contributed by atoms with E-state index >= 15 is 0 Å². The molecule has 160 valence electrons. The van der Waals surface area contributed by atoms with Gasteiger partial charge < -0.3 is 10.6 Å². The maximum absolute atomic E-state index is 13.2. The van der Waals surface area contributed by atoms with E-state index in [1.165, 1.54) is 12.1 Å². The third-order valence-electron chi connectivity index (χ3n) is 4.32. The average molecular weight is 545 g/mol. The standard InChI is InChI=1S/C18H29FN4O2S2.HI/c1-3-20-18(21-7-6-16-4-5-17(19)14-15(16)2)22-8-13-27(24,25)23-9-11-26-12-10-23;/h4-5,14H,3,6-13H2,1-2H3,(H2,20,21,22);1H. The van der Waals surface area contributed by atoms with Crippen LogP contribution in [0.5, 0.6) is 0 Å². The fourth-order valence-electron chi connectivity index (χ4n) is 2.82. The molecule has 28 heavy (non-hydrogen) atoms. The molecule has 0 atom stereocenters. The zero-order valence-electron chi connectivity index (χ0n) is 16.4. The minimum atomic E-state index is -3.25. The number of guanidine groups is 1. The first-order valence-corrected chi connectivity index (χ1v) is 12.0. The van der Waals surface area contributed by atoms with Crippen LogP contribution in [-0.2, 0) is 16.4 Å². The van der Waals surface area contributed by atoms with Crippen LogP contribution in [0.2, 0.25) is 0 Å². The molecule has 0 bridgehead atoms. The monoisotopic (exact) mass is 544 g/mol.